The van der Waals surface area contributed by atoms with Gasteiger partial charge in [-0.2, -0.15) is 0 Å². The zero-order chi connectivity index (χ0) is 14.1. The maximum absolute atomic E-state index is 3.80. The van der Waals surface area contributed by atoms with E-state index in [1.165, 1.54) is 52.8 Å². The maximum Gasteiger partial charge on any atom is 0.0516 e. The van der Waals surface area contributed by atoms with E-state index >= 15 is 0 Å². The van der Waals surface area contributed by atoms with Gasteiger partial charge >= 0.3 is 0 Å². The Balaban J connectivity index is 1.94. The van der Waals surface area contributed by atoms with Gasteiger partial charge in [-0.1, -0.05) is 42.0 Å². The van der Waals surface area contributed by atoms with Crippen LogP contribution in [0.4, 0.5) is 5.69 Å². The summed E-state index contributed by atoms with van der Waals surface area (Å²) in [6.45, 7) is 6.58. The molecule has 1 N–H and O–H groups in total. The topological polar surface area (TPSA) is 12.0 Å². The molecule has 1 aliphatic rings. The molecule has 1 atom stereocenters. The number of hydrogen-bond acceptors (Lipinski definition) is 1. The third kappa shape index (κ3) is 2.45. The van der Waals surface area contributed by atoms with Gasteiger partial charge in [0, 0.05) is 5.69 Å². The van der Waals surface area contributed by atoms with Gasteiger partial charge in [0.25, 0.3) is 0 Å². The van der Waals surface area contributed by atoms with Crippen LogP contribution < -0.4 is 5.32 Å². The molecular formula is C19H23N. The maximum atomic E-state index is 3.80. The molecule has 104 valence electrons. The molecule has 2 aromatic rings. The Morgan fingerprint density at radius 2 is 1.70 bits per heavy atom. The van der Waals surface area contributed by atoms with Gasteiger partial charge in [-0.05, 0) is 62.3 Å². The van der Waals surface area contributed by atoms with Gasteiger partial charge in [-0.3, -0.25) is 0 Å². The average molecular weight is 265 g/mol. The van der Waals surface area contributed by atoms with Crippen molar-refractivity contribution >= 4 is 5.69 Å². The number of rotatable bonds is 2. The van der Waals surface area contributed by atoms with Crippen LogP contribution in [0.5, 0.6) is 0 Å². The molecule has 0 amide bonds. The van der Waals surface area contributed by atoms with E-state index in [2.05, 4.69) is 62.5 Å². The SMILES string of the molecule is Cc1cc(C)c(NC2CCCc3ccccc32)c(C)c1. The molecule has 1 nitrogen and oxygen atoms in total. The summed E-state index contributed by atoms with van der Waals surface area (Å²) >= 11 is 0. The van der Waals surface area contributed by atoms with E-state index in [4.69, 9.17) is 0 Å². The van der Waals surface area contributed by atoms with Crippen LogP contribution in [0.25, 0.3) is 0 Å². The van der Waals surface area contributed by atoms with Crippen molar-refractivity contribution in [3.63, 3.8) is 0 Å². The van der Waals surface area contributed by atoms with Crippen LogP contribution >= 0.6 is 0 Å². The van der Waals surface area contributed by atoms with Crippen molar-refractivity contribution in [1.82, 2.24) is 0 Å². The first kappa shape index (κ1) is 13.2. The highest BCUT2D eigenvalue weighted by atomic mass is 14.9. The molecule has 0 heterocycles. The third-order valence-corrected chi connectivity index (χ3v) is 4.37. The Kier molecular flexibility index (Phi) is 3.52. The van der Waals surface area contributed by atoms with Crippen LogP contribution in [-0.4, -0.2) is 0 Å². The number of nitrogens with one attached hydrogen (secondary N) is 1. The molecule has 1 heteroatoms. The number of aryl methyl sites for hydroxylation is 4. The van der Waals surface area contributed by atoms with E-state index in [0.717, 1.165) is 0 Å². The first-order chi connectivity index (χ1) is 9.65. The lowest BCUT2D eigenvalue weighted by Crippen LogP contribution is -2.18. The lowest BCUT2D eigenvalue weighted by Gasteiger charge is -2.28. The molecule has 0 saturated carbocycles. The van der Waals surface area contributed by atoms with E-state index in [1.54, 1.807) is 0 Å². The minimum atomic E-state index is 0.458. The molecule has 1 unspecified atom stereocenters. The number of fused-ring (bicyclic) bond motifs is 1. The second-order valence-electron chi connectivity index (χ2n) is 6.06. The first-order valence-corrected chi connectivity index (χ1v) is 7.57. The summed E-state index contributed by atoms with van der Waals surface area (Å²) in [6, 6.07) is 13.9. The van der Waals surface area contributed by atoms with Crippen molar-refractivity contribution in [1.29, 1.82) is 0 Å². The summed E-state index contributed by atoms with van der Waals surface area (Å²) in [5, 5.41) is 3.80. The Bertz CT molecular complexity index is 604. The summed E-state index contributed by atoms with van der Waals surface area (Å²) in [7, 11) is 0. The van der Waals surface area contributed by atoms with E-state index in [1.807, 2.05) is 0 Å². The highest BCUT2D eigenvalue weighted by Crippen LogP contribution is 2.34. The fraction of sp³-hybridized carbons (Fsp3) is 0.368. The first-order valence-electron chi connectivity index (χ1n) is 7.57. The van der Waals surface area contributed by atoms with Crippen molar-refractivity contribution in [3.05, 3.63) is 64.2 Å². The Morgan fingerprint density at radius 3 is 2.45 bits per heavy atom. The lowest BCUT2D eigenvalue weighted by atomic mass is 9.87. The number of anilines is 1. The third-order valence-electron chi connectivity index (χ3n) is 4.37. The van der Waals surface area contributed by atoms with E-state index in [0.29, 0.717) is 6.04 Å². The molecule has 0 bridgehead atoms. The number of hydrogen-bond donors (Lipinski definition) is 1. The van der Waals surface area contributed by atoms with Gasteiger partial charge in [0.15, 0.2) is 0 Å². The molecule has 0 fully saturated rings. The van der Waals surface area contributed by atoms with Gasteiger partial charge in [-0.15, -0.1) is 0 Å². The predicted molar refractivity (Wildman–Crippen MR) is 86.4 cm³/mol. The molecule has 0 spiro atoms. The molecule has 20 heavy (non-hydrogen) atoms. The van der Waals surface area contributed by atoms with Crippen molar-refractivity contribution in [2.24, 2.45) is 0 Å². The fourth-order valence-corrected chi connectivity index (χ4v) is 3.49. The van der Waals surface area contributed by atoms with E-state index in [-0.39, 0.29) is 0 Å². The van der Waals surface area contributed by atoms with E-state index < -0.39 is 0 Å². The highest BCUT2D eigenvalue weighted by molar-refractivity contribution is 5.59. The van der Waals surface area contributed by atoms with Crippen LogP contribution in [0.15, 0.2) is 36.4 Å². The molecule has 0 aromatic heterocycles. The summed E-state index contributed by atoms with van der Waals surface area (Å²) in [5.41, 5.74) is 8.36. The van der Waals surface area contributed by atoms with Crippen molar-refractivity contribution in [3.8, 4) is 0 Å². The molecule has 0 aliphatic heterocycles. The average Bonchev–Trinajstić information content (AvgIpc) is 2.43. The van der Waals surface area contributed by atoms with Crippen molar-refractivity contribution < 1.29 is 0 Å². The molecular weight excluding hydrogens is 242 g/mol. The van der Waals surface area contributed by atoms with Crippen LogP contribution in [0.1, 0.15) is 46.7 Å². The minimum Gasteiger partial charge on any atom is -0.378 e. The normalized spacial score (nSPS) is 17.6. The lowest BCUT2D eigenvalue weighted by molar-refractivity contribution is 0.600. The number of benzene rings is 2. The summed E-state index contributed by atoms with van der Waals surface area (Å²) in [6.07, 6.45) is 3.72. The summed E-state index contributed by atoms with van der Waals surface area (Å²) in [4.78, 5) is 0. The minimum absolute atomic E-state index is 0.458. The van der Waals surface area contributed by atoms with Gasteiger partial charge < -0.3 is 5.32 Å². The Hall–Kier alpha value is -1.76. The predicted octanol–water partition coefficient (Wildman–Crippen LogP) is 5.10. The zero-order valence-corrected chi connectivity index (χ0v) is 12.7. The van der Waals surface area contributed by atoms with E-state index in [9.17, 15) is 0 Å². The second kappa shape index (κ2) is 5.32. The quantitative estimate of drug-likeness (QED) is 0.796. The second-order valence-corrected chi connectivity index (χ2v) is 6.06. The summed E-state index contributed by atoms with van der Waals surface area (Å²) in [5.74, 6) is 0. The Morgan fingerprint density at radius 1 is 1.00 bits per heavy atom. The van der Waals surface area contributed by atoms with Crippen molar-refractivity contribution in [2.45, 2.75) is 46.1 Å². The highest BCUT2D eigenvalue weighted by Gasteiger charge is 2.20. The van der Waals surface area contributed by atoms with Crippen LogP contribution in [0.3, 0.4) is 0 Å². The smallest absolute Gasteiger partial charge is 0.0516 e. The standard InChI is InChI=1S/C19H23N/c1-13-11-14(2)19(15(3)12-13)20-18-10-6-8-16-7-4-5-9-17(16)18/h4-5,7,9,11-12,18,20H,6,8,10H2,1-3H3. The van der Waals surface area contributed by atoms with Gasteiger partial charge in [0.2, 0.25) is 0 Å². The Labute approximate surface area is 122 Å². The molecule has 1 aliphatic carbocycles. The van der Waals surface area contributed by atoms with Crippen molar-refractivity contribution in [2.75, 3.05) is 5.32 Å². The largest absolute Gasteiger partial charge is 0.378 e. The summed E-state index contributed by atoms with van der Waals surface area (Å²) < 4.78 is 0. The molecule has 3 rings (SSSR count). The van der Waals surface area contributed by atoms with Gasteiger partial charge in [0.05, 0.1) is 6.04 Å². The monoisotopic (exact) mass is 265 g/mol. The van der Waals surface area contributed by atoms with Crippen LogP contribution in [0, 0.1) is 20.8 Å². The van der Waals surface area contributed by atoms with Crippen LogP contribution in [-0.2, 0) is 6.42 Å². The van der Waals surface area contributed by atoms with Gasteiger partial charge in [-0.25, -0.2) is 0 Å². The van der Waals surface area contributed by atoms with Gasteiger partial charge in [0.1, 0.15) is 0 Å². The molecule has 2 aromatic carbocycles. The van der Waals surface area contributed by atoms with Crippen LogP contribution in [0.2, 0.25) is 0 Å². The molecule has 0 radical (unpaired) electrons. The molecule has 0 saturated heterocycles. The zero-order valence-electron chi connectivity index (χ0n) is 12.7. The fourth-order valence-electron chi connectivity index (χ4n) is 3.49.